The molecule has 2 aliphatic rings. The largest absolute Gasteiger partial charge is 0.476 e. The number of nitrogens with two attached hydrogens (primary N) is 1. The molecule has 0 radical (unpaired) electrons. The molecule has 2 aliphatic heterocycles. The second-order valence-corrected chi connectivity index (χ2v) is 8.17. The van der Waals surface area contributed by atoms with Gasteiger partial charge in [-0.2, -0.15) is 0 Å². The zero-order valence-electron chi connectivity index (χ0n) is 16.9. The van der Waals surface area contributed by atoms with Gasteiger partial charge in [0.15, 0.2) is 5.88 Å². The number of carbonyl (C=O) groups excluding carboxylic acids is 1. The number of ether oxygens (including phenoxy) is 3. The summed E-state index contributed by atoms with van der Waals surface area (Å²) in [4.78, 5) is 20.0. The Morgan fingerprint density at radius 3 is 2.39 bits per heavy atom. The zero-order chi connectivity index (χ0) is 20.7. The molecule has 0 aromatic carbocycles. The maximum atomic E-state index is 12.1. The van der Waals surface area contributed by atoms with Crippen molar-refractivity contribution < 1.29 is 19.0 Å². The maximum absolute atomic E-state index is 12.1. The summed E-state index contributed by atoms with van der Waals surface area (Å²) in [5, 5.41) is 0.209. The zero-order valence-corrected chi connectivity index (χ0v) is 17.7. The van der Waals surface area contributed by atoms with Crippen LogP contribution in [-0.2, 0) is 14.2 Å². The lowest BCUT2D eigenvalue weighted by Gasteiger charge is -2.33. The molecule has 0 bridgehead atoms. The van der Waals surface area contributed by atoms with E-state index in [0.717, 1.165) is 13.1 Å². The third-order valence-corrected chi connectivity index (χ3v) is 4.46. The lowest BCUT2D eigenvalue weighted by molar-refractivity contribution is 0.00416. The molecule has 28 heavy (non-hydrogen) atoms. The van der Waals surface area contributed by atoms with Crippen LogP contribution in [0, 0.1) is 0 Å². The van der Waals surface area contributed by atoms with Crippen molar-refractivity contribution in [2.75, 3.05) is 39.4 Å². The Bertz CT molecular complexity index is 616. The van der Waals surface area contributed by atoms with Gasteiger partial charge in [0.25, 0.3) is 0 Å². The van der Waals surface area contributed by atoms with Crippen molar-refractivity contribution in [3.05, 3.63) is 24.4 Å². The Morgan fingerprint density at radius 2 is 1.82 bits per heavy atom. The van der Waals surface area contributed by atoms with Crippen molar-refractivity contribution >= 4 is 22.9 Å². The highest BCUT2D eigenvalue weighted by molar-refractivity contribution is 6.68. The number of aliphatic imine (C=N–C) groups is 1. The molecule has 0 aromatic heterocycles. The highest BCUT2D eigenvalue weighted by Crippen LogP contribution is 2.18. The molecule has 0 unspecified atom stereocenters. The van der Waals surface area contributed by atoms with Crippen molar-refractivity contribution in [2.45, 2.75) is 45.3 Å². The molecule has 1 amide bonds. The van der Waals surface area contributed by atoms with E-state index >= 15 is 0 Å². The van der Waals surface area contributed by atoms with Crippen molar-refractivity contribution in [3.63, 3.8) is 0 Å². The Balaban J connectivity index is 1.79. The minimum Gasteiger partial charge on any atom is -0.476 e. The summed E-state index contributed by atoms with van der Waals surface area (Å²) in [6.07, 6.45) is 2.44. The van der Waals surface area contributed by atoms with Gasteiger partial charge in [-0.25, -0.2) is 9.79 Å². The van der Waals surface area contributed by atoms with Crippen molar-refractivity contribution in [1.82, 2.24) is 9.80 Å². The minimum absolute atomic E-state index is 0.0816. The normalized spacial score (nSPS) is 20.1. The Hall–Kier alpha value is -1.93. The number of nitrogens with zero attached hydrogens (tertiary/aromatic N) is 3. The minimum atomic E-state index is -0.501. The van der Waals surface area contributed by atoms with E-state index in [1.807, 2.05) is 25.7 Å². The first kappa shape index (κ1) is 22.4. The van der Waals surface area contributed by atoms with E-state index in [1.165, 1.54) is 6.08 Å². The van der Waals surface area contributed by atoms with Crippen LogP contribution < -0.4 is 5.73 Å². The highest BCUT2D eigenvalue weighted by atomic mass is 35.5. The number of rotatable bonds is 5. The van der Waals surface area contributed by atoms with E-state index in [-0.39, 0.29) is 23.3 Å². The first-order valence-electron chi connectivity index (χ1n) is 9.51. The van der Waals surface area contributed by atoms with E-state index in [1.54, 1.807) is 4.90 Å². The molecule has 0 atom stereocenters. The summed E-state index contributed by atoms with van der Waals surface area (Å²) >= 11 is 6.16. The Kier molecular flexibility index (Phi) is 8.00. The van der Waals surface area contributed by atoms with Gasteiger partial charge in [0.2, 0.25) is 0 Å². The number of carbonyl (C=O) groups is 1. The van der Waals surface area contributed by atoms with Gasteiger partial charge >= 0.3 is 6.09 Å². The van der Waals surface area contributed by atoms with Gasteiger partial charge in [0.1, 0.15) is 22.7 Å². The quantitative estimate of drug-likeness (QED) is 0.549. The van der Waals surface area contributed by atoms with E-state index in [9.17, 15) is 4.79 Å². The topological polar surface area (TPSA) is 89.6 Å². The Morgan fingerprint density at radius 1 is 1.21 bits per heavy atom. The van der Waals surface area contributed by atoms with Crippen LogP contribution in [0.2, 0.25) is 0 Å². The van der Waals surface area contributed by atoms with Crippen LogP contribution in [0.25, 0.3) is 0 Å². The standard InChI is InChI=1S/C19H31ClN4O4/c1-14(23-9-11-26-12-10-23)22-16(20)13-17(21)27-15-5-7-24(8-6-15)18(25)28-19(2,3)4/h13,15H,1,5-12,21H2,2-4H3/b17-13+,22-16?. The first-order valence-corrected chi connectivity index (χ1v) is 9.89. The molecule has 2 rings (SSSR count). The molecule has 9 heteroatoms. The number of allylic oxidation sites excluding steroid dienone is 1. The first-order chi connectivity index (χ1) is 13.1. The smallest absolute Gasteiger partial charge is 0.410 e. The monoisotopic (exact) mass is 414 g/mol. The van der Waals surface area contributed by atoms with E-state index in [4.69, 9.17) is 31.5 Å². The number of hydrogen-bond donors (Lipinski definition) is 1. The fraction of sp³-hybridized carbons (Fsp3) is 0.684. The van der Waals surface area contributed by atoms with Crippen LogP contribution in [0.3, 0.4) is 0 Å². The van der Waals surface area contributed by atoms with Crippen LogP contribution in [0.15, 0.2) is 29.4 Å². The molecular formula is C19H31ClN4O4. The number of piperidine rings is 1. The summed E-state index contributed by atoms with van der Waals surface area (Å²) in [5.74, 6) is 0.766. The van der Waals surface area contributed by atoms with E-state index < -0.39 is 5.60 Å². The molecule has 2 heterocycles. The number of likely N-dealkylation sites (tertiary alicyclic amines) is 1. The van der Waals surface area contributed by atoms with Gasteiger partial charge in [-0.1, -0.05) is 18.2 Å². The number of amides is 1. The molecular weight excluding hydrogens is 384 g/mol. The summed E-state index contributed by atoms with van der Waals surface area (Å²) in [6.45, 7) is 13.4. The van der Waals surface area contributed by atoms with Crippen LogP contribution in [0.5, 0.6) is 0 Å². The molecule has 2 saturated heterocycles. The van der Waals surface area contributed by atoms with Gasteiger partial charge in [0, 0.05) is 45.1 Å². The van der Waals surface area contributed by atoms with Crippen molar-refractivity contribution in [1.29, 1.82) is 0 Å². The van der Waals surface area contributed by atoms with E-state index in [0.29, 0.717) is 45.0 Å². The lowest BCUT2D eigenvalue weighted by Crippen LogP contribution is -2.43. The number of halogens is 1. The number of hydrogen-bond acceptors (Lipinski definition) is 7. The second-order valence-electron chi connectivity index (χ2n) is 7.78. The summed E-state index contributed by atoms with van der Waals surface area (Å²) < 4.78 is 16.4. The SMILES string of the molecule is C=C(N=C(Cl)/C=C(\N)OC1CCN(C(=O)OC(C)(C)C)CC1)N1CCOCC1. The average Bonchev–Trinajstić information content (AvgIpc) is 2.61. The predicted octanol–water partition coefficient (Wildman–Crippen LogP) is 2.64. The van der Waals surface area contributed by atoms with Crippen LogP contribution in [-0.4, -0.2) is 72.2 Å². The molecule has 2 fully saturated rings. The Labute approximate surface area is 171 Å². The summed E-state index contributed by atoms with van der Waals surface area (Å²) in [6, 6.07) is 0. The highest BCUT2D eigenvalue weighted by Gasteiger charge is 2.27. The summed E-state index contributed by atoms with van der Waals surface area (Å²) in [7, 11) is 0. The second kappa shape index (κ2) is 10.0. The van der Waals surface area contributed by atoms with Gasteiger partial charge in [-0.15, -0.1) is 0 Å². The molecule has 8 nitrogen and oxygen atoms in total. The molecule has 0 aliphatic carbocycles. The van der Waals surface area contributed by atoms with Gasteiger partial charge in [-0.05, 0) is 20.8 Å². The lowest BCUT2D eigenvalue weighted by atomic mass is 10.1. The van der Waals surface area contributed by atoms with Crippen LogP contribution >= 0.6 is 11.6 Å². The fourth-order valence-electron chi connectivity index (χ4n) is 2.87. The molecule has 0 aromatic rings. The van der Waals surface area contributed by atoms with Gasteiger partial charge in [-0.3, -0.25) is 0 Å². The molecule has 158 valence electrons. The van der Waals surface area contributed by atoms with Crippen molar-refractivity contribution in [3.8, 4) is 0 Å². The third kappa shape index (κ3) is 7.59. The van der Waals surface area contributed by atoms with Gasteiger partial charge in [0.05, 0.1) is 13.2 Å². The molecule has 0 saturated carbocycles. The molecule has 2 N–H and O–H groups in total. The average molecular weight is 415 g/mol. The third-order valence-electron chi connectivity index (χ3n) is 4.27. The molecule has 0 spiro atoms. The van der Waals surface area contributed by atoms with Crippen LogP contribution in [0.4, 0.5) is 4.79 Å². The summed E-state index contributed by atoms with van der Waals surface area (Å²) in [5.41, 5.74) is 5.44. The number of morpholine rings is 1. The fourth-order valence-corrected chi connectivity index (χ4v) is 3.08. The van der Waals surface area contributed by atoms with Crippen molar-refractivity contribution in [2.24, 2.45) is 10.7 Å². The van der Waals surface area contributed by atoms with Gasteiger partial charge < -0.3 is 29.7 Å². The van der Waals surface area contributed by atoms with Crippen LogP contribution in [0.1, 0.15) is 33.6 Å². The maximum Gasteiger partial charge on any atom is 0.410 e. The van der Waals surface area contributed by atoms with E-state index in [2.05, 4.69) is 11.6 Å². The predicted molar refractivity (Wildman–Crippen MR) is 109 cm³/mol.